The number of halogens is 2. The lowest BCUT2D eigenvalue weighted by Gasteiger charge is -2.44. The van der Waals surface area contributed by atoms with E-state index in [-0.39, 0.29) is 23.7 Å². The summed E-state index contributed by atoms with van der Waals surface area (Å²) in [5, 5.41) is 0.518. The van der Waals surface area contributed by atoms with Crippen LogP contribution in [0.2, 0.25) is 5.02 Å². The Balaban J connectivity index is 1.53. The summed E-state index contributed by atoms with van der Waals surface area (Å²) < 4.78 is 20.2. The lowest BCUT2D eigenvalue weighted by Crippen LogP contribution is -2.52. The highest BCUT2D eigenvalue weighted by molar-refractivity contribution is 6.31. The second kappa shape index (κ2) is 6.64. The first kappa shape index (κ1) is 18.0. The van der Waals surface area contributed by atoms with Crippen molar-refractivity contribution in [3.05, 3.63) is 63.9 Å². The van der Waals surface area contributed by atoms with E-state index in [0.29, 0.717) is 42.3 Å². The number of ketones is 1. The van der Waals surface area contributed by atoms with Crippen molar-refractivity contribution < 1.29 is 18.7 Å². The van der Waals surface area contributed by atoms with E-state index in [9.17, 15) is 14.0 Å². The third-order valence-electron chi connectivity index (χ3n) is 5.41. The zero-order valence-electron chi connectivity index (χ0n) is 14.9. The minimum absolute atomic E-state index is 0.00994. The van der Waals surface area contributed by atoms with E-state index in [1.807, 2.05) is 6.92 Å². The van der Waals surface area contributed by atoms with Gasteiger partial charge in [0, 0.05) is 31.0 Å². The van der Waals surface area contributed by atoms with Gasteiger partial charge in [0.1, 0.15) is 17.2 Å². The van der Waals surface area contributed by atoms with Gasteiger partial charge in [-0.1, -0.05) is 23.7 Å². The molecule has 2 aromatic rings. The maximum atomic E-state index is 13.9. The maximum Gasteiger partial charge on any atom is 0.256 e. The average molecular weight is 388 g/mol. The molecule has 4 rings (SSSR count). The van der Waals surface area contributed by atoms with E-state index in [4.69, 9.17) is 16.3 Å². The summed E-state index contributed by atoms with van der Waals surface area (Å²) in [7, 11) is 0. The Morgan fingerprint density at radius 1 is 1.22 bits per heavy atom. The van der Waals surface area contributed by atoms with Crippen LogP contribution in [0.15, 0.2) is 36.4 Å². The Kier molecular flexibility index (Phi) is 4.42. The summed E-state index contributed by atoms with van der Waals surface area (Å²) >= 11 is 6.07. The number of piperidine rings is 1. The van der Waals surface area contributed by atoms with E-state index >= 15 is 0 Å². The Bertz CT molecular complexity index is 935. The van der Waals surface area contributed by atoms with Gasteiger partial charge in [-0.15, -0.1) is 0 Å². The van der Waals surface area contributed by atoms with Gasteiger partial charge in [-0.25, -0.2) is 4.39 Å². The molecule has 0 bridgehead atoms. The number of nitrogens with zero attached hydrogens (tertiary/aromatic N) is 1. The van der Waals surface area contributed by atoms with Gasteiger partial charge < -0.3 is 9.64 Å². The van der Waals surface area contributed by atoms with Crippen LogP contribution in [-0.2, 0) is 0 Å². The highest BCUT2D eigenvalue weighted by Crippen LogP contribution is 2.42. The number of benzene rings is 2. The summed E-state index contributed by atoms with van der Waals surface area (Å²) in [5.74, 6) is -0.248. The first-order chi connectivity index (χ1) is 12.9. The van der Waals surface area contributed by atoms with E-state index < -0.39 is 11.4 Å². The standard InChI is InChI=1S/C21H19ClFNO3/c1-13-10-14(22)11-16-18(25)12-21(27-19(13)16)6-8-24(9-7-21)20(26)15-4-2-3-5-17(15)23/h2-5,10-11H,6-9,12H2,1H3. The van der Waals surface area contributed by atoms with Crippen LogP contribution in [-0.4, -0.2) is 35.3 Å². The van der Waals surface area contributed by atoms with Gasteiger partial charge in [0.2, 0.25) is 0 Å². The van der Waals surface area contributed by atoms with Crippen molar-refractivity contribution in [3.63, 3.8) is 0 Å². The van der Waals surface area contributed by atoms with Crippen LogP contribution in [0.1, 0.15) is 45.5 Å². The number of carbonyl (C=O) groups is 2. The van der Waals surface area contributed by atoms with Crippen LogP contribution < -0.4 is 4.74 Å². The molecular formula is C21H19ClFNO3. The zero-order chi connectivity index (χ0) is 19.2. The number of ether oxygens (including phenoxy) is 1. The molecule has 0 atom stereocenters. The molecule has 140 valence electrons. The molecule has 1 saturated heterocycles. The number of hydrogen-bond acceptors (Lipinski definition) is 3. The first-order valence-electron chi connectivity index (χ1n) is 8.95. The molecule has 1 amide bonds. The molecule has 27 heavy (non-hydrogen) atoms. The predicted molar refractivity (Wildman–Crippen MR) is 100 cm³/mol. The van der Waals surface area contributed by atoms with Gasteiger partial charge in [-0.05, 0) is 36.8 Å². The number of aryl methyl sites for hydroxylation is 1. The summed E-state index contributed by atoms with van der Waals surface area (Å²) in [6.45, 7) is 2.71. The molecule has 1 spiro atoms. The smallest absolute Gasteiger partial charge is 0.256 e. The number of Topliss-reactive ketones (excluding diaryl/α,β-unsaturated/α-hetero) is 1. The Morgan fingerprint density at radius 3 is 2.63 bits per heavy atom. The molecule has 6 heteroatoms. The fraction of sp³-hybridized carbons (Fsp3) is 0.333. The highest BCUT2D eigenvalue weighted by atomic mass is 35.5. The van der Waals surface area contributed by atoms with Gasteiger partial charge in [0.15, 0.2) is 5.78 Å². The molecule has 0 aromatic heterocycles. The van der Waals surface area contributed by atoms with Gasteiger partial charge in [-0.2, -0.15) is 0 Å². The lowest BCUT2D eigenvalue weighted by molar-refractivity contribution is -0.00625. The van der Waals surface area contributed by atoms with Gasteiger partial charge in [0.25, 0.3) is 5.91 Å². The number of likely N-dealkylation sites (tertiary alicyclic amines) is 1. The summed E-state index contributed by atoms with van der Waals surface area (Å²) in [5.41, 5.74) is 0.810. The van der Waals surface area contributed by atoms with E-state index in [0.717, 1.165) is 5.56 Å². The number of carbonyl (C=O) groups excluding carboxylic acids is 2. The van der Waals surface area contributed by atoms with Crippen LogP contribution in [0.25, 0.3) is 0 Å². The van der Waals surface area contributed by atoms with Crippen LogP contribution in [0.5, 0.6) is 5.75 Å². The van der Waals surface area contributed by atoms with Crippen LogP contribution in [0.4, 0.5) is 4.39 Å². The largest absolute Gasteiger partial charge is 0.486 e. The summed E-state index contributed by atoms with van der Waals surface area (Å²) in [4.78, 5) is 26.9. The van der Waals surface area contributed by atoms with Crippen LogP contribution in [0.3, 0.4) is 0 Å². The fourth-order valence-corrected chi connectivity index (χ4v) is 4.19. The molecule has 0 radical (unpaired) electrons. The van der Waals surface area contributed by atoms with Gasteiger partial charge in [-0.3, -0.25) is 9.59 Å². The summed E-state index contributed by atoms with van der Waals surface area (Å²) in [6, 6.07) is 9.41. The molecule has 2 aromatic carbocycles. The third-order valence-corrected chi connectivity index (χ3v) is 5.63. The van der Waals surface area contributed by atoms with E-state index in [1.54, 1.807) is 29.2 Å². The van der Waals surface area contributed by atoms with Crippen molar-refractivity contribution in [1.29, 1.82) is 0 Å². The molecule has 2 aliphatic rings. The quantitative estimate of drug-likeness (QED) is 0.727. The molecular weight excluding hydrogens is 369 g/mol. The number of hydrogen-bond donors (Lipinski definition) is 0. The monoisotopic (exact) mass is 387 g/mol. The molecule has 1 fully saturated rings. The van der Waals surface area contributed by atoms with Crippen molar-refractivity contribution in [1.82, 2.24) is 4.90 Å². The predicted octanol–water partition coefficient (Wildman–Crippen LogP) is 4.43. The minimum atomic E-state index is -0.616. The van der Waals surface area contributed by atoms with E-state index in [1.165, 1.54) is 12.1 Å². The second-order valence-electron chi connectivity index (χ2n) is 7.26. The van der Waals surface area contributed by atoms with Crippen molar-refractivity contribution in [2.75, 3.05) is 13.1 Å². The van der Waals surface area contributed by atoms with Crippen molar-refractivity contribution in [3.8, 4) is 5.75 Å². The lowest BCUT2D eigenvalue weighted by atomic mass is 9.82. The maximum absolute atomic E-state index is 13.9. The van der Waals surface area contributed by atoms with Crippen molar-refractivity contribution in [2.45, 2.75) is 31.8 Å². The number of fused-ring (bicyclic) bond motifs is 1. The Hall–Kier alpha value is -2.40. The van der Waals surface area contributed by atoms with Gasteiger partial charge in [0.05, 0.1) is 17.5 Å². The average Bonchev–Trinajstić information content (AvgIpc) is 2.63. The molecule has 0 aliphatic carbocycles. The molecule has 0 unspecified atom stereocenters. The Morgan fingerprint density at radius 2 is 1.93 bits per heavy atom. The Labute approximate surface area is 161 Å². The SMILES string of the molecule is Cc1cc(Cl)cc2c1OC1(CCN(C(=O)c3ccccc3F)CC1)CC2=O. The van der Waals surface area contributed by atoms with Crippen LogP contribution >= 0.6 is 11.6 Å². The number of amides is 1. The summed E-state index contributed by atoms with van der Waals surface area (Å²) in [6.07, 6.45) is 1.32. The van der Waals surface area contributed by atoms with E-state index in [2.05, 4.69) is 0 Å². The molecule has 0 N–H and O–H groups in total. The zero-order valence-corrected chi connectivity index (χ0v) is 15.7. The highest BCUT2D eigenvalue weighted by Gasteiger charge is 2.44. The molecule has 2 aliphatic heterocycles. The third kappa shape index (κ3) is 3.21. The molecule has 2 heterocycles. The number of rotatable bonds is 1. The van der Waals surface area contributed by atoms with Crippen molar-refractivity contribution >= 4 is 23.3 Å². The molecule has 0 saturated carbocycles. The normalized spacial score (nSPS) is 18.2. The fourth-order valence-electron chi connectivity index (χ4n) is 3.91. The van der Waals surface area contributed by atoms with Gasteiger partial charge >= 0.3 is 0 Å². The minimum Gasteiger partial charge on any atom is -0.486 e. The van der Waals surface area contributed by atoms with Crippen molar-refractivity contribution in [2.24, 2.45) is 0 Å². The molecule has 4 nitrogen and oxygen atoms in total. The van der Waals surface area contributed by atoms with Crippen LogP contribution in [0, 0.1) is 12.7 Å². The first-order valence-corrected chi connectivity index (χ1v) is 9.32. The topological polar surface area (TPSA) is 46.6 Å². The second-order valence-corrected chi connectivity index (χ2v) is 7.69.